The molecule has 2 aliphatic carbocycles. The van der Waals surface area contributed by atoms with E-state index in [1.54, 1.807) is 16.3 Å². The Morgan fingerprint density at radius 2 is 1.27 bits per heavy atom. The van der Waals surface area contributed by atoms with E-state index in [1.807, 2.05) is 29.5 Å². The number of hydrogen-bond donors (Lipinski definition) is 0. The van der Waals surface area contributed by atoms with E-state index in [0.717, 1.165) is 0 Å². The van der Waals surface area contributed by atoms with E-state index in [1.165, 1.54) is 90.0 Å². The van der Waals surface area contributed by atoms with Crippen LogP contribution in [0.25, 0.3) is 16.2 Å². The summed E-state index contributed by atoms with van der Waals surface area (Å²) in [6, 6.07) is 23.7. The second kappa shape index (κ2) is 15.1. The number of epoxide rings is 2. The third kappa shape index (κ3) is 8.09. The van der Waals surface area contributed by atoms with Crippen molar-refractivity contribution < 1.29 is 9.47 Å². The summed E-state index contributed by atoms with van der Waals surface area (Å²) in [7, 11) is -1.16. The second-order valence-corrected chi connectivity index (χ2v) is 18.9. The molecule has 4 unspecified atom stereocenters. The lowest BCUT2D eigenvalue weighted by Gasteiger charge is -2.26. The van der Waals surface area contributed by atoms with Crippen LogP contribution in [0, 0.1) is 5.41 Å². The minimum atomic E-state index is -1.16. The molecule has 5 heteroatoms. The zero-order valence-electron chi connectivity index (χ0n) is 24.0. The summed E-state index contributed by atoms with van der Waals surface area (Å²) < 4.78 is 13.7. The number of thiophene rings is 1. The zero-order chi connectivity index (χ0) is 27.1. The van der Waals surface area contributed by atoms with E-state index in [4.69, 9.17) is 9.47 Å². The van der Waals surface area contributed by atoms with E-state index in [9.17, 15) is 0 Å². The Bertz CT molecular complexity index is 1130. The highest BCUT2D eigenvalue weighted by Gasteiger charge is 2.40. The average Bonchev–Trinajstić information content (AvgIpc) is 3.86. The first-order valence-electron chi connectivity index (χ1n) is 15.3. The van der Waals surface area contributed by atoms with Crippen LogP contribution in [0.5, 0.6) is 0 Å². The molecule has 2 saturated heterocycles. The number of fused-ring (bicyclic) bond motifs is 4. The molecule has 40 heavy (non-hydrogen) atoms. The molecule has 0 spiro atoms. The topological polar surface area (TPSA) is 25.1 Å². The molecule has 4 fully saturated rings. The van der Waals surface area contributed by atoms with E-state index in [0.29, 0.717) is 24.4 Å². The van der Waals surface area contributed by atoms with Gasteiger partial charge in [0.15, 0.2) is 6.08 Å². The van der Waals surface area contributed by atoms with Gasteiger partial charge in [-0.15, -0.1) is 11.3 Å². The van der Waals surface area contributed by atoms with Gasteiger partial charge in [-0.3, -0.25) is 0 Å². The van der Waals surface area contributed by atoms with Crippen molar-refractivity contribution in [3.63, 3.8) is 0 Å². The van der Waals surface area contributed by atoms with Crippen LogP contribution < -0.4 is 4.50 Å². The Kier molecular flexibility index (Phi) is 11.9. The molecule has 8 rings (SSSR count). The number of benzene rings is 2. The molecule has 4 atom stereocenters. The van der Waals surface area contributed by atoms with Gasteiger partial charge < -0.3 is 9.47 Å². The SMILES string of the molecule is C.C1CCC2OC2C1.C1CCC2OC2C1.CC[Si](CC)(CC)c1cc2ccccc2s1.[C+]1=Cc2ccccc2S1. The van der Waals surface area contributed by atoms with Gasteiger partial charge in [-0.25, -0.2) is 0 Å². The van der Waals surface area contributed by atoms with Crippen LogP contribution in [0.2, 0.25) is 18.1 Å². The van der Waals surface area contributed by atoms with Crippen LogP contribution in [0.15, 0.2) is 59.5 Å². The Balaban J connectivity index is 0.000000130. The number of thioether (sulfide) groups is 1. The molecule has 216 valence electrons. The van der Waals surface area contributed by atoms with Gasteiger partial charge in [-0.1, -0.05) is 96.3 Å². The molecule has 3 aliphatic heterocycles. The van der Waals surface area contributed by atoms with Crippen LogP contribution in [0.1, 0.15) is 85.1 Å². The van der Waals surface area contributed by atoms with Crippen molar-refractivity contribution in [3.8, 4) is 0 Å². The summed E-state index contributed by atoms with van der Waals surface area (Å²) in [5.74, 6) is 0. The van der Waals surface area contributed by atoms with Gasteiger partial charge in [0.2, 0.25) is 0 Å². The lowest BCUT2D eigenvalue weighted by molar-refractivity contribution is 0.372. The maximum absolute atomic E-state index is 5.28. The monoisotopic (exact) mass is 593 g/mol. The van der Waals surface area contributed by atoms with E-state index < -0.39 is 8.07 Å². The van der Waals surface area contributed by atoms with Gasteiger partial charge in [-0.05, 0) is 59.8 Å². The molecule has 0 N–H and O–H groups in total. The van der Waals surface area contributed by atoms with E-state index in [2.05, 4.69) is 68.6 Å². The second-order valence-electron chi connectivity index (χ2n) is 11.4. The molecule has 0 radical (unpaired) electrons. The minimum absolute atomic E-state index is 0. The first-order chi connectivity index (χ1) is 19.2. The minimum Gasteiger partial charge on any atom is -0.370 e. The average molecular weight is 594 g/mol. The van der Waals surface area contributed by atoms with E-state index >= 15 is 0 Å². The number of rotatable bonds is 4. The molecule has 2 aromatic carbocycles. The fourth-order valence-electron chi connectivity index (χ4n) is 6.12. The van der Waals surface area contributed by atoms with Crippen LogP contribution in [0.3, 0.4) is 0 Å². The molecule has 0 amide bonds. The Morgan fingerprint density at radius 3 is 1.77 bits per heavy atom. The Morgan fingerprint density at radius 1 is 0.750 bits per heavy atom. The summed E-state index contributed by atoms with van der Waals surface area (Å²) in [6.45, 7) is 7.14. The smallest absolute Gasteiger partial charge is 0.177 e. The van der Waals surface area contributed by atoms with Crippen molar-refractivity contribution in [3.05, 3.63) is 65.6 Å². The van der Waals surface area contributed by atoms with Crippen LogP contribution in [0.4, 0.5) is 0 Å². The first kappa shape index (κ1) is 31.5. The van der Waals surface area contributed by atoms with Gasteiger partial charge >= 0.3 is 0 Å². The van der Waals surface area contributed by atoms with Crippen LogP contribution in [-0.4, -0.2) is 32.5 Å². The molecular formula is C35H49O2S2Si+. The molecule has 1 aromatic heterocycles. The maximum atomic E-state index is 5.28. The van der Waals surface area contributed by atoms with Crippen LogP contribution in [-0.2, 0) is 9.47 Å². The Hall–Kier alpha value is -1.46. The number of ether oxygens (including phenoxy) is 2. The molecular weight excluding hydrogens is 545 g/mol. The summed E-state index contributed by atoms with van der Waals surface area (Å²) >= 11 is 3.70. The predicted octanol–water partition coefficient (Wildman–Crippen LogP) is 10.5. The lowest BCUT2D eigenvalue weighted by Crippen LogP contribution is -2.43. The fourth-order valence-corrected chi connectivity index (χ4v) is 13.1. The van der Waals surface area contributed by atoms with Gasteiger partial charge in [0.25, 0.3) is 0 Å². The molecule has 2 nitrogen and oxygen atoms in total. The van der Waals surface area contributed by atoms with Crippen molar-refractivity contribution in [1.29, 1.82) is 0 Å². The summed E-state index contributed by atoms with van der Waals surface area (Å²) in [5, 5.41) is 4.52. The summed E-state index contributed by atoms with van der Waals surface area (Å²) in [6.07, 6.45) is 15.8. The maximum Gasteiger partial charge on any atom is 0.177 e. The third-order valence-electron chi connectivity index (χ3n) is 9.11. The molecule has 0 bridgehead atoms. The molecule has 4 heterocycles. The first-order valence-corrected chi connectivity index (χ1v) is 19.6. The third-order valence-corrected chi connectivity index (χ3v) is 17.7. The van der Waals surface area contributed by atoms with Crippen LogP contribution >= 0.6 is 23.1 Å². The fraction of sp³-hybridized carbons (Fsp3) is 0.543. The van der Waals surface area contributed by atoms with Crippen molar-refractivity contribution >= 4 is 51.8 Å². The number of hydrogen-bond acceptors (Lipinski definition) is 4. The highest BCUT2D eigenvalue weighted by molar-refractivity contribution is 8.01. The zero-order valence-corrected chi connectivity index (χ0v) is 26.6. The van der Waals surface area contributed by atoms with Crippen molar-refractivity contribution in [2.75, 3.05) is 0 Å². The molecule has 2 saturated carbocycles. The largest absolute Gasteiger partial charge is 0.370 e. The highest BCUT2D eigenvalue weighted by Crippen LogP contribution is 2.36. The Labute approximate surface area is 253 Å². The summed E-state index contributed by atoms with van der Waals surface area (Å²) in [4.78, 5) is 1.32. The van der Waals surface area contributed by atoms with E-state index in [-0.39, 0.29) is 7.43 Å². The van der Waals surface area contributed by atoms with Gasteiger partial charge in [0.05, 0.1) is 44.3 Å². The van der Waals surface area contributed by atoms with Crippen molar-refractivity contribution in [1.82, 2.24) is 0 Å². The quantitative estimate of drug-likeness (QED) is 0.171. The van der Waals surface area contributed by atoms with Crippen molar-refractivity contribution in [2.45, 2.75) is 127 Å². The van der Waals surface area contributed by atoms with Gasteiger partial charge in [0.1, 0.15) is 15.9 Å². The predicted molar refractivity (Wildman–Crippen MR) is 180 cm³/mol. The molecule has 3 aromatic rings. The van der Waals surface area contributed by atoms with Gasteiger partial charge in [-0.2, -0.15) is 0 Å². The standard InChI is InChI=1S/C14H20SSi.C8H5S.2C6H10O.CH4/c1-4-16(5-2,6-3)14-11-12-9-7-8-10-13(12)15-14;1-2-4-8-7(3-1)5-6-9-8;2*1-2-4-6-5(3-1)7-6;/h7-11H,4-6H2,1-3H3;1-5H;2*5-6H,1-4H2;1H4/q;+1;;;. The van der Waals surface area contributed by atoms with Crippen molar-refractivity contribution in [2.24, 2.45) is 0 Å². The molecule has 5 aliphatic rings. The normalized spacial score (nSPS) is 24.6. The highest BCUT2D eigenvalue weighted by atomic mass is 32.2. The summed E-state index contributed by atoms with van der Waals surface area (Å²) in [5.41, 5.74) is 1.29. The van der Waals surface area contributed by atoms with Gasteiger partial charge in [0, 0.05) is 10.8 Å². The lowest BCUT2D eigenvalue weighted by atomic mass is 10.0.